The Kier molecular flexibility index (Phi) is 6.32. The minimum absolute atomic E-state index is 0.132. The molecule has 0 aliphatic heterocycles. The number of aromatic nitrogens is 3. The average Bonchev–Trinajstić information content (AvgIpc) is 3.25. The average molecular weight is 445 g/mol. The first-order valence-corrected chi connectivity index (χ1v) is 12.6. The van der Waals surface area contributed by atoms with E-state index in [1.54, 1.807) is 23.1 Å². The SMILES string of the molecule is CCC(=O)N(c1nnc(SCc2csc(-c3ccc(C(C)C)cc3)n2)s1)C1CC1. The Bertz CT molecular complexity index is 976. The van der Waals surface area contributed by atoms with Crippen molar-refractivity contribution >= 4 is 45.5 Å². The molecule has 152 valence electrons. The van der Waals surface area contributed by atoms with Crippen molar-refractivity contribution in [3.05, 3.63) is 40.9 Å². The van der Waals surface area contributed by atoms with Crippen LogP contribution in [0.4, 0.5) is 5.13 Å². The van der Waals surface area contributed by atoms with Crippen molar-refractivity contribution in [1.29, 1.82) is 0 Å². The zero-order chi connectivity index (χ0) is 20.4. The van der Waals surface area contributed by atoms with Gasteiger partial charge < -0.3 is 0 Å². The second-order valence-electron chi connectivity index (χ2n) is 7.41. The number of hydrogen-bond donors (Lipinski definition) is 0. The fraction of sp³-hybridized carbons (Fsp3) is 0.429. The molecule has 0 radical (unpaired) electrons. The van der Waals surface area contributed by atoms with E-state index >= 15 is 0 Å². The molecule has 4 rings (SSSR count). The van der Waals surface area contributed by atoms with Crippen LogP contribution in [0.5, 0.6) is 0 Å². The summed E-state index contributed by atoms with van der Waals surface area (Å²) in [5.74, 6) is 1.42. The van der Waals surface area contributed by atoms with Gasteiger partial charge in [0.15, 0.2) is 4.34 Å². The van der Waals surface area contributed by atoms with E-state index in [4.69, 9.17) is 4.98 Å². The molecule has 8 heteroatoms. The Morgan fingerprint density at radius 1 is 1.24 bits per heavy atom. The lowest BCUT2D eigenvalue weighted by Crippen LogP contribution is -2.32. The number of amides is 1. The van der Waals surface area contributed by atoms with Gasteiger partial charge in [-0.2, -0.15) is 0 Å². The number of anilines is 1. The van der Waals surface area contributed by atoms with Crippen LogP contribution in [-0.2, 0) is 10.5 Å². The van der Waals surface area contributed by atoms with Gasteiger partial charge in [0.05, 0.1) is 5.69 Å². The summed E-state index contributed by atoms with van der Waals surface area (Å²) in [6, 6.07) is 8.99. The molecule has 29 heavy (non-hydrogen) atoms. The van der Waals surface area contributed by atoms with Crippen molar-refractivity contribution in [1.82, 2.24) is 15.2 Å². The van der Waals surface area contributed by atoms with Crippen molar-refractivity contribution < 1.29 is 4.79 Å². The van der Waals surface area contributed by atoms with Crippen molar-refractivity contribution in [3.63, 3.8) is 0 Å². The van der Waals surface area contributed by atoms with E-state index in [1.165, 1.54) is 16.9 Å². The Morgan fingerprint density at radius 3 is 2.66 bits per heavy atom. The molecule has 1 aliphatic carbocycles. The summed E-state index contributed by atoms with van der Waals surface area (Å²) >= 11 is 4.80. The lowest BCUT2D eigenvalue weighted by Gasteiger charge is -2.17. The van der Waals surface area contributed by atoms with Crippen molar-refractivity contribution in [3.8, 4) is 10.6 Å². The molecule has 1 amide bonds. The van der Waals surface area contributed by atoms with Crippen LogP contribution < -0.4 is 4.90 Å². The first-order chi connectivity index (χ1) is 14.0. The van der Waals surface area contributed by atoms with E-state index < -0.39 is 0 Å². The highest BCUT2D eigenvalue weighted by Crippen LogP contribution is 2.37. The lowest BCUT2D eigenvalue weighted by atomic mass is 10.0. The summed E-state index contributed by atoms with van der Waals surface area (Å²) in [6.45, 7) is 6.30. The van der Waals surface area contributed by atoms with Gasteiger partial charge in [0, 0.05) is 29.2 Å². The third-order valence-electron chi connectivity index (χ3n) is 4.80. The molecule has 2 aromatic heterocycles. The van der Waals surface area contributed by atoms with E-state index in [9.17, 15) is 4.79 Å². The second kappa shape index (κ2) is 8.93. The normalized spacial score (nSPS) is 13.8. The van der Waals surface area contributed by atoms with Crippen LogP contribution in [0.3, 0.4) is 0 Å². The molecule has 1 fully saturated rings. The number of nitrogens with zero attached hydrogens (tertiary/aromatic N) is 4. The molecule has 0 saturated heterocycles. The minimum atomic E-state index is 0.132. The van der Waals surface area contributed by atoms with Crippen molar-refractivity contribution in [2.75, 3.05) is 4.90 Å². The predicted molar refractivity (Wildman–Crippen MR) is 122 cm³/mol. The van der Waals surface area contributed by atoms with Crippen LogP contribution in [-0.4, -0.2) is 27.1 Å². The summed E-state index contributed by atoms with van der Waals surface area (Å²) in [5, 5.41) is 12.4. The highest BCUT2D eigenvalue weighted by Gasteiger charge is 2.35. The Hall–Kier alpha value is -1.77. The van der Waals surface area contributed by atoms with Gasteiger partial charge in [0.2, 0.25) is 11.0 Å². The first kappa shape index (κ1) is 20.5. The van der Waals surface area contributed by atoms with Crippen molar-refractivity contribution in [2.45, 2.75) is 62.1 Å². The van der Waals surface area contributed by atoms with Crippen molar-refractivity contribution in [2.24, 2.45) is 0 Å². The molecule has 3 aromatic rings. The van der Waals surface area contributed by atoms with Gasteiger partial charge in [0.25, 0.3) is 0 Å². The fourth-order valence-corrected chi connectivity index (χ4v) is 5.73. The van der Waals surface area contributed by atoms with Gasteiger partial charge in [-0.25, -0.2) is 4.98 Å². The zero-order valence-electron chi connectivity index (χ0n) is 16.8. The molecule has 0 bridgehead atoms. The third kappa shape index (κ3) is 4.87. The maximum absolute atomic E-state index is 12.2. The van der Waals surface area contributed by atoms with E-state index in [0.717, 1.165) is 44.3 Å². The van der Waals surface area contributed by atoms with Crippen LogP contribution in [0.15, 0.2) is 34.0 Å². The van der Waals surface area contributed by atoms with Gasteiger partial charge in [0.1, 0.15) is 5.01 Å². The summed E-state index contributed by atoms with van der Waals surface area (Å²) in [6.07, 6.45) is 2.62. The molecule has 2 heterocycles. The van der Waals surface area contributed by atoms with Gasteiger partial charge in [-0.15, -0.1) is 21.5 Å². The summed E-state index contributed by atoms with van der Waals surface area (Å²) in [5.41, 5.74) is 3.55. The Balaban J connectivity index is 1.39. The van der Waals surface area contributed by atoms with Gasteiger partial charge in [-0.3, -0.25) is 9.69 Å². The minimum Gasteiger partial charge on any atom is -0.284 e. The molecule has 0 atom stereocenters. The fourth-order valence-electron chi connectivity index (χ4n) is 2.98. The molecular weight excluding hydrogens is 420 g/mol. The molecule has 5 nitrogen and oxygen atoms in total. The van der Waals surface area contributed by atoms with Gasteiger partial charge in [-0.1, -0.05) is 68.1 Å². The molecule has 0 spiro atoms. The molecule has 1 saturated carbocycles. The Labute approximate surface area is 183 Å². The van der Waals surface area contributed by atoms with Gasteiger partial charge in [-0.05, 0) is 24.3 Å². The second-order valence-corrected chi connectivity index (χ2v) is 10.4. The standard InChI is InChI=1S/C21H24N4OS3/c1-4-18(26)25(17-9-10-17)20-23-24-21(29-20)28-12-16-11-27-19(22-16)15-7-5-14(6-8-15)13(2)3/h5-8,11,13,17H,4,9-10,12H2,1-3H3. The van der Waals surface area contributed by atoms with E-state index in [2.05, 4.69) is 53.7 Å². The monoisotopic (exact) mass is 444 g/mol. The predicted octanol–water partition coefficient (Wildman–Crippen LogP) is 5.98. The number of thioether (sulfide) groups is 1. The van der Waals surface area contributed by atoms with Gasteiger partial charge >= 0.3 is 0 Å². The molecule has 1 aliphatic rings. The largest absolute Gasteiger partial charge is 0.284 e. The first-order valence-electron chi connectivity index (χ1n) is 9.88. The summed E-state index contributed by atoms with van der Waals surface area (Å²) < 4.78 is 0.880. The van der Waals surface area contributed by atoms with E-state index in [0.29, 0.717) is 18.4 Å². The van der Waals surface area contributed by atoms with E-state index in [-0.39, 0.29) is 5.91 Å². The molecule has 0 unspecified atom stereocenters. The number of carbonyl (C=O) groups excluding carboxylic acids is 1. The number of hydrogen-bond acceptors (Lipinski definition) is 7. The quantitative estimate of drug-likeness (QED) is 0.316. The number of carbonyl (C=O) groups is 1. The highest BCUT2D eigenvalue weighted by molar-refractivity contribution is 8.00. The smallest absolute Gasteiger partial charge is 0.228 e. The highest BCUT2D eigenvalue weighted by atomic mass is 32.2. The molecular formula is C21H24N4OS3. The number of rotatable bonds is 8. The van der Waals surface area contributed by atoms with Crippen LogP contribution in [0.1, 0.15) is 57.2 Å². The van der Waals surface area contributed by atoms with Crippen LogP contribution >= 0.6 is 34.4 Å². The number of thiazole rings is 1. The van der Waals surface area contributed by atoms with Crippen LogP contribution in [0.25, 0.3) is 10.6 Å². The topological polar surface area (TPSA) is 59.0 Å². The molecule has 0 N–H and O–H groups in total. The maximum Gasteiger partial charge on any atom is 0.228 e. The zero-order valence-corrected chi connectivity index (χ0v) is 19.2. The Morgan fingerprint density at radius 2 is 2.00 bits per heavy atom. The number of benzene rings is 1. The van der Waals surface area contributed by atoms with E-state index in [1.807, 2.05) is 11.8 Å². The van der Waals surface area contributed by atoms with Crippen LogP contribution in [0, 0.1) is 0 Å². The maximum atomic E-state index is 12.2. The third-order valence-corrected chi connectivity index (χ3v) is 7.83. The summed E-state index contributed by atoms with van der Waals surface area (Å²) in [4.78, 5) is 18.8. The lowest BCUT2D eigenvalue weighted by molar-refractivity contribution is -0.118. The van der Waals surface area contributed by atoms with Crippen LogP contribution in [0.2, 0.25) is 0 Å². The molecule has 1 aromatic carbocycles. The summed E-state index contributed by atoms with van der Waals surface area (Å²) in [7, 11) is 0.